The highest BCUT2D eigenvalue weighted by atomic mass is 16.3. The van der Waals surface area contributed by atoms with Gasteiger partial charge in [-0.1, -0.05) is 55.4 Å². The van der Waals surface area contributed by atoms with Gasteiger partial charge >= 0.3 is 0 Å². The fourth-order valence-electron chi connectivity index (χ4n) is 6.91. The number of rotatable bonds is 5. The van der Waals surface area contributed by atoms with E-state index >= 15 is 0 Å². The molecule has 0 amide bonds. The van der Waals surface area contributed by atoms with Crippen LogP contribution in [0.5, 0.6) is 0 Å². The third-order valence-corrected chi connectivity index (χ3v) is 7.68. The third kappa shape index (κ3) is 6.20. The van der Waals surface area contributed by atoms with Gasteiger partial charge in [-0.25, -0.2) is 0 Å². The molecule has 9 atom stereocenters. The van der Waals surface area contributed by atoms with Crippen molar-refractivity contribution in [1.82, 2.24) is 0 Å². The Morgan fingerprint density at radius 2 is 1.19 bits per heavy atom. The van der Waals surface area contributed by atoms with E-state index < -0.39 is 0 Å². The van der Waals surface area contributed by atoms with E-state index in [0.717, 1.165) is 32.1 Å². The fourth-order valence-corrected chi connectivity index (χ4v) is 6.91. The van der Waals surface area contributed by atoms with E-state index in [2.05, 4.69) is 55.4 Å². The van der Waals surface area contributed by atoms with Gasteiger partial charge < -0.3 is 10.2 Å². The van der Waals surface area contributed by atoms with E-state index in [4.69, 9.17) is 0 Å². The van der Waals surface area contributed by atoms with E-state index in [0.29, 0.717) is 52.8 Å². The zero-order valence-corrected chi connectivity index (χ0v) is 19.4. The van der Waals surface area contributed by atoms with E-state index in [1.54, 1.807) is 0 Å². The molecule has 2 heteroatoms. The van der Waals surface area contributed by atoms with Gasteiger partial charge in [-0.2, -0.15) is 0 Å². The second-order valence-electron chi connectivity index (χ2n) is 12.2. The summed E-state index contributed by atoms with van der Waals surface area (Å²) in [4.78, 5) is 0. The SMILES string of the molecule is CC1CC(C)C(O)C(C(CC(C)CC(C)(C)C)C2CC(C)CC(C)C2O)C1. The summed E-state index contributed by atoms with van der Waals surface area (Å²) < 4.78 is 0. The first-order valence-corrected chi connectivity index (χ1v) is 11.7. The molecule has 0 aliphatic heterocycles. The summed E-state index contributed by atoms with van der Waals surface area (Å²) >= 11 is 0. The third-order valence-electron chi connectivity index (χ3n) is 7.68. The predicted octanol–water partition coefficient (Wildman–Crippen LogP) is 6.15. The van der Waals surface area contributed by atoms with E-state index in [9.17, 15) is 10.2 Å². The number of hydrogen-bond acceptors (Lipinski definition) is 2. The lowest BCUT2D eigenvalue weighted by Gasteiger charge is -2.48. The molecule has 0 heterocycles. The quantitative estimate of drug-likeness (QED) is 0.600. The Kier molecular flexibility index (Phi) is 7.87. The highest BCUT2D eigenvalue weighted by Gasteiger charge is 2.45. The van der Waals surface area contributed by atoms with Crippen LogP contribution in [0.3, 0.4) is 0 Å². The zero-order valence-electron chi connectivity index (χ0n) is 19.4. The maximum atomic E-state index is 11.1. The van der Waals surface area contributed by atoms with E-state index in [-0.39, 0.29) is 12.2 Å². The van der Waals surface area contributed by atoms with Crippen LogP contribution in [0.15, 0.2) is 0 Å². The highest BCUT2D eigenvalue weighted by Crippen LogP contribution is 2.48. The van der Waals surface area contributed by atoms with Gasteiger partial charge in [0.05, 0.1) is 12.2 Å². The molecule has 2 fully saturated rings. The maximum Gasteiger partial charge on any atom is 0.0596 e. The number of hydrogen-bond donors (Lipinski definition) is 2. The molecule has 0 aromatic rings. The topological polar surface area (TPSA) is 40.5 Å². The molecule has 0 spiro atoms. The van der Waals surface area contributed by atoms with Crippen molar-refractivity contribution < 1.29 is 10.2 Å². The molecule has 2 saturated carbocycles. The minimum atomic E-state index is -0.201. The van der Waals surface area contributed by atoms with Gasteiger partial charge in [-0.05, 0) is 91.3 Å². The van der Waals surface area contributed by atoms with Gasteiger partial charge in [0.1, 0.15) is 0 Å². The lowest BCUT2D eigenvalue weighted by molar-refractivity contribution is -0.0863. The lowest BCUT2D eigenvalue weighted by atomic mass is 9.59. The monoisotopic (exact) mass is 380 g/mol. The summed E-state index contributed by atoms with van der Waals surface area (Å²) in [5.41, 5.74) is 0.335. The summed E-state index contributed by atoms with van der Waals surface area (Å²) in [5.74, 6) is 3.92. The first-order chi connectivity index (χ1) is 12.4. The normalized spacial score (nSPS) is 43.3. The van der Waals surface area contributed by atoms with Crippen LogP contribution >= 0.6 is 0 Å². The highest BCUT2D eigenvalue weighted by molar-refractivity contribution is 4.95. The molecule has 0 radical (unpaired) electrons. The molecule has 2 nitrogen and oxygen atoms in total. The number of aliphatic hydroxyl groups excluding tert-OH is 2. The zero-order chi connectivity index (χ0) is 20.5. The molecular formula is C25H48O2. The Balaban J connectivity index is 2.27. The smallest absolute Gasteiger partial charge is 0.0596 e. The van der Waals surface area contributed by atoms with Crippen molar-refractivity contribution in [3.63, 3.8) is 0 Å². The molecule has 0 aromatic carbocycles. The predicted molar refractivity (Wildman–Crippen MR) is 115 cm³/mol. The summed E-state index contributed by atoms with van der Waals surface area (Å²) in [7, 11) is 0. The first-order valence-electron chi connectivity index (χ1n) is 11.7. The largest absolute Gasteiger partial charge is 0.393 e. The van der Waals surface area contributed by atoms with E-state index in [1.807, 2.05) is 0 Å². The van der Waals surface area contributed by atoms with E-state index in [1.165, 1.54) is 6.42 Å². The Bertz CT molecular complexity index is 424. The van der Waals surface area contributed by atoms with Crippen LogP contribution in [0, 0.1) is 52.8 Å². The van der Waals surface area contributed by atoms with Crippen LogP contribution < -0.4 is 0 Å². The molecular weight excluding hydrogens is 332 g/mol. The van der Waals surface area contributed by atoms with Gasteiger partial charge in [-0.15, -0.1) is 0 Å². The Hall–Kier alpha value is -0.0800. The van der Waals surface area contributed by atoms with Crippen molar-refractivity contribution in [2.24, 2.45) is 52.8 Å². The van der Waals surface area contributed by atoms with Gasteiger partial charge in [0, 0.05) is 0 Å². The van der Waals surface area contributed by atoms with Crippen molar-refractivity contribution in [2.45, 2.75) is 106 Å². The summed E-state index contributed by atoms with van der Waals surface area (Å²) in [5, 5.41) is 22.3. The van der Waals surface area contributed by atoms with Crippen LogP contribution in [0.4, 0.5) is 0 Å². The molecule has 0 aromatic heterocycles. The van der Waals surface area contributed by atoms with Gasteiger partial charge in [0.2, 0.25) is 0 Å². The maximum absolute atomic E-state index is 11.1. The van der Waals surface area contributed by atoms with Crippen LogP contribution in [0.1, 0.15) is 93.9 Å². The molecule has 160 valence electrons. The van der Waals surface area contributed by atoms with Crippen molar-refractivity contribution in [3.05, 3.63) is 0 Å². The molecule has 2 aliphatic rings. The minimum absolute atomic E-state index is 0.201. The van der Waals surface area contributed by atoms with Gasteiger partial charge in [0.15, 0.2) is 0 Å². The van der Waals surface area contributed by atoms with Crippen LogP contribution in [-0.4, -0.2) is 22.4 Å². The lowest BCUT2D eigenvalue weighted by Crippen LogP contribution is -2.47. The van der Waals surface area contributed by atoms with Crippen LogP contribution in [0.2, 0.25) is 0 Å². The van der Waals surface area contributed by atoms with Crippen molar-refractivity contribution in [3.8, 4) is 0 Å². The van der Waals surface area contributed by atoms with Crippen molar-refractivity contribution >= 4 is 0 Å². The van der Waals surface area contributed by atoms with Gasteiger partial charge in [0.25, 0.3) is 0 Å². The van der Waals surface area contributed by atoms with Crippen LogP contribution in [-0.2, 0) is 0 Å². The summed E-state index contributed by atoms with van der Waals surface area (Å²) in [6.07, 6.45) is 6.50. The average molecular weight is 381 g/mol. The van der Waals surface area contributed by atoms with Gasteiger partial charge in [-0.3, -0.25) is 0 Å². The first kappa shape index (κ1) is 23.2. The molecule has 27 heavy (non-hydrogen) atoms. The Morgan fingerprint density at radius 3 is 1.56 bits per heavy atom. The second kappa shape index (κ2) is 9.16. The molecule has 0 bridgehead atoms. The molecule has 9 unspecified atom stereocenters. The summed E-state index contributed by atoms with van der Waals surface area (Å²) in [6, 6.07) is 0. The van der Waals surface area contributed by atoms with Crippen molar-refractivity contribution in [2.75, 3.05) is 0 Å². The molecule has 2 aliphatic carbocycles. The molecule has 0 saturated heterocycles. The fraction of sp³-hybridized carbons (Fsp3) is 1.00. The molecule has 2 rings (SSSR count). The Labute approximate surface area is 169 Å². The summed E-state index contributed by atoms with van der Waals surface area (Å²) in [6.45, 7) is 18.5. The molecule has 2 N–H and O–H groups in total. The Morgan fingerprint density at radius 1 is 0.778 bits per heavy atom. The van der Waals surface area contributed by atoms with Crippen LogP contribution in [0.25, 0.3) is 0 Å². The standard InChI is InChI=1S/C25H48O2/c1-15-9-18(4)23(26)21(11-15)20(13-17(3)14-25(6,7)8)22-12-16(2)10-19(5)24(22)27/h15-24,26-27H,9-14H2,1-8H3. The second-order valence-corrected chi connectivity index (χ2v) is 12.2. The average Bonchev–Trinajstić information content (AvgIpc) is 2.50. The van der Waals surface area contributed by atoms with Crippen molar-refractivity contribution in [1.29, 1.82) is 0 Å². The minimum Gasteiger partial charge on any atom is -0.393 e. The number of aliphatic hydroxyl groups is 2.